The normalized spacial score (nSPS) is 23.8. The maximum atomic E-state index is 8.76. The minimum absolute atomic E-state index is 0.673. The van der Waals surface area contributed by atoms with E-state index in [4.69, 9.17) is 5.26 Å². The van der Waals surface area contributed by atoms with Crippen LogP contribution in [-0.4, -0.2) is 17.0 Å². The van der Waals surface area contributed by atoms with E-state index in [1.54, 1.807) is 11.3 Å². The van der Waals surface area contributed by atoms with Crippen molar-refractivity contribution in [3.8, 4) is 6.07 Å². The summed E-state index contributed by atoms with van der Waals surface area (Å²) in [5.41, 5.74) is 0.789. The van der Waals surface area contributed by atoms with E-state index in [1.165, 1.54) is 29.9 Å². The quantitative estimate of drug-likeness (QED) is 0.887. The fourth-order valence-electron chi connectivity index (χ4n) is 2.29. The maximum Gasteiger partial charge on any atom is 0.100 e. The third-order valence-corrected chi connectivity index (χ3v) is 5.30. The summed E-state index contributed by atoms with van der Waals surface area (Å²) in [6.07, 6.45) is 3.95. The van der Waals surface area contributed by atoms with Crippen LogP contribution >= 0.6 is 23.1 Å². The van der Waals surface area contributed by atoms with Gasteiger partial charge in [0.15, 0.2) is 0 Å². The molecule has 2 atom stereocenters. The number of thiophene rings is 1. The third-order valence-electron chi connectivity index (χ3n) is 3.13. The fraction of sp³-hybridized carbons (Fsp3) is 0.615. The van der Waals surface area contributed by atoms with Gasteiger partial charge in [-0.3, -0.25) is 0 Å². The molecule has 0 radical (unpaired) electrons. The first-order chi connectivity index (χ1) is 8.31. The minimum Gasteiger partial charge on any atom is -0.309 e. The zero-order chi connectivity index (χ0) is 12.1. The second-order valence-electron chi connectivity index (χ2n) is 4.38. The van der Waals surface area contributed by atoms with Crippen LogP contribution in [0.25, 0.3) is 0 Å². The lowest BCUT2D eigenvalue weighted by Crippen LogP contribution is -2.25. The third kappa shape index (κ3) is 3.74. The van der Waals surface area contributed by atoms with Gasteiger partial charge in [-0.2, -0.15) is 17.0 Å². The van der Waals surface area contributed by atoms with Gasteiger partial charge >= 0.3 is 0 Å². The van der Waals surface area contributed by atoms with Gasteiger partial charge in [0.05, 0.1) is 5.56 Å². The largest absolute Gasteiger partial charge is 0.309 e. The summed E-state index contributed by atoms with van der Waals surface area (Å²) >= 11 is 3.77. The average molecular weight is 266 g/mol. The maximum absolute atomic E-state index is 8.76. The Labute approximate surface area is 111 Å². The van der Waals surface area contributed by atoms with Crippen molar-refractivity contribution in [3.63, 3.8) is 0 Å². The summed E-state index contributed by atoms with van der Waals surface area (Å²) in [4.78, 5) is 1.27. The predicted molar refractivity (Wildman–Crippen MR) is 75.4 cm³/mol. The van der Waals surface area contributed by atoms with E-state index in [9.17, 15) is 0 Å². The first-order valence-electron chi connectivity index (χ1n) is 6.14. The van der Waals surface area contributed by atoms with Gasteiger partial charge in [0, 0.05) is 28.1 Å². The highest BCUT2D eigenvalue weighted by molar-refractivity contribution is 7.99. The minimum atomic E-state index is 0.673. The van der Waals surface area contributed by atoms with Crippen molar-refractivity contribution in [3.05, 3.63) is 21.9 Å². The summed E-state index contributed by atoms with van der Waals surface area (Å²) in [7, 11) is 0. The molecule has 0 saturated heterocycles. The van der Waals surface area contributed by atoms with Gasteiger partial charge in [-0.15, -0.1) is 11.3 Å². The number of nitrogens with one attached hydrogen (secondary N) is 1. The first-order valence-corrected chi connectivity index (χ1v) is 8.07. The molecule has 1 aliphatic rings. The zero-order valence-corrected chi connectivity index (χ0v) is 11.7. The number of hydrogen-bond acceptors (Lipinski definition) is 4. The van der Waals surface area contributed by atoms with E-state index in [1.807, 2.05) is 11.4 Å². The molecule has 2 unspecified atom stereocenters. The fourth-order valence-corrected chi connectivity index (χ4v) is 4.19. The lowest BCUT2D eigenvalue weighted by atomic mass is 10.2. The van der Waals surface area contributed by atoms with Gasteiger partial charge in [-0.25, -0.2) is 0 Å². The van der Waals surface area contributed by atoms with E-state index in [2.05, 4.69) is 30.1 Å². The van der Waals surface area contributed by atoms with Crippen molar-refractivity contribution in [2.45, 2.75) is 44.0 Å². The van der Waals surface area contributed by atoms with E-state index >= 15 is 0 Å². The molecule has 0 amide bonds. The van der Waals surface area contributed by atoms with Crippen LogP contribution in [0.3, 0.4) is 0 Å². The number of rotatable bonds is 5. The second-order valence-corrected chi connectivity index (χ2v) is 6.95. The van der Waals surface area contributed by atoms with Crippen molar-refractivity contribution >= 4 is 23.1 Å². The Kier molecular flexibility index (Phi) is 4.90. The highest BCUT2D eigenvalue weighted by Crippen LogP contribution is 2.30. The monoisotopic (exact) mass is 266 g/mol. The molecule has 1 fully saturated rings. The van der Waals surface area contributed by atoms with Crippen LogP contribution in [0.5, 0.6) is 0 Å². The van der Waals surface area contributed by atoms with Crippen molar-refractivity contribution in [1.29, 1.82) is 5.26 Å². The molecule has 0 spiro atoms. The molecule has 1 aromatic rings. The molecule has 4 heteroatoms. The van der Waals surface area contributed by atoms with Crippen LogP contribution in [0.4, 0.5) is 0 Å². The Bertz CT molecular complexity index is 394. The smallest absolute Gasteiger partial charge is 0.100 e. The van der Waals surface area contributed by atoms with Crippen molar-refractivity contribution in [1.82, 2.24) is 5.32 Å². The topological polar surface area (TPSA) is 35.8 Å². The Morgan fingerprint density at radius 1 is 1.59 bits per heavy atom. The molecule has 17 heavy (non-hydrogen) atoms. The van der Waals surface area contributed by atoms with E-state index in [0.29, 0.717) is 6.04 Å². The summed E-state index contributed by atoms with van der Waals surface area (Å²) in [6.45, 7) is 3.15. The Morgan fingerprint density at radius 3 is 3.18 bits per heavy atom. The van der Waals surface area contributed by atoms with Crippen molar-refractivity contribution < 1.29 is 0 Å². The Balaban J connectivity index is 1.74. The Morgan fingerprint density at radius 2 is 2.47 bits per heavy atom. The Hall–Kier alpha value is -0.500. The van der Waals surface area contributed by atoms with Crippen LogP contribution < -0.4 is 5.32 Å². The first kappa shape index (κ1) is 12.9. The van der Waals surface area contributed by atoms with Crippen LogP contribution in [0.2, 0.25) is 0 Å². The highest BCUT2D eigenvalue weighted by Gasteiger charge is 2.23. The van der Waals surface area contributed by atoms with E-state index in [0.717, 1.165) is 17.4 Å². The lowest BCUT2D eigenvalue weighted by molar-refractivity contribution is 0.528. The van der Waals surface area contributed by atoms with Gasteiger partial charge in [0.1, 0.15) is 6.07 Å². The molecule has 1 saturated carbocycles. The summed E-state index contributed by atoms with van der Waals surface area (Å²) < 4.78 is 0. The number of nitriles is 1. The molecule has 0 aliphatic heterocycles. The summed E-state index contributed by atoms with van der Waals surface area (Å²) in [5, 5.41) is 15.2. The van der Waals surface area contributed by atoms with Crippen LogP contribution in [0.15, 0.2) is 11.4 Å². The van der Waals surface area contributed by atoms with Gasteiger partial charge in [0.25, 0.3) is 0 Å². The molecule has 2 nitrogen and oxygen atoms in total. The standard InChI is InChI=1S/C13H18N2S2/c1-2-16-12-4-3-11(6-12)15-8-13-5-10(7-14)9-17-13/h5,9,11-12,15H,2-4,6,8H2,1H3. The van der Waals surface area contributed by atoms with Crippen molar-refractivity contribution in [2.75, 3.05) is 5.75 Å². The second kappa shape index (κ2) is 6.44. The van der Waals surface area contributed by atoms with Gasteiger partial charge in [0.2, 0.25) is 0 Å². The van der Waals surface area contributed by atoms with Crippen LogP contribution in [-0.2, 0) is 6.54 Å². The molecule has 0 aromatic carbocycles. The molecule has 1 aliphatic carbocycles. The average Bonchev–Trinajstić information content (AvgIpc) is 2.95. The van der Waals surface area contributed by atoms with Gasteiger partial charge < -0.3 is 5.32 Å². The molecule has 1 N–H and O–H groups in total. The van der Waals surface area contributed by atoms with Crippen molar-refractivity contribution in [2.24, 2.45) is 0 Å². The molecule has 2 rings (SSSR count). The molecule has 1 aromatic heterocycles. The van der Waals surface area contributed by atoms with Gasteiger partial charge in [-0.05, 0) is 31.1 Å². The van der Waals surface area contributed by atoms with Crippen LogP contribution in [0.1, 0.15) is 36.6 Å². The van der Waals surface area contributed by atoms with Gasteiger partial charge in [-0.1, -0.05) is 6.92 Å². The molecular weight excluding hydrogens is 248 g/mol. The summed E-state index contributed by atoms with van der Waals surface area (Å²) in [5.74, 6) is 1.23. The predicted octanol–water partition coefficient (Wildman–Crippen LogP) is 3.38. The van der Waals surface area contributed by atoms with Crippen LogP contribution in [0, 0.1) is 11.3 Å². The van der Waals surface area contributed by atoms with E-state index < -0.39 is 0 Å². The summed E-state index contributed by atoms with van der Waals surface area (Å²) in [6, 6.07) is 4.84. The molecular formula is C13H18N2S2. The highest BCUT2D eigenvalue weighted by atomic mass is 32.2. The molecule has 92 valence electrons. The number of thioether (sulfide) groups is 1. The molecule has 1 heterocycles. The lowest BCUT2D eigenvalue weighted by Gasteiger charge is -2.12. The number of hydrogen-bond donors (Lipinski definition) is 1. The molecule has 0 bridgehead atoms. The number of nitrogens with zero attached hydrogens (tertiary/aromatic N) is 1. The zero-order valence-electron chi connectivity index (χ0n) is 10.1. The SMILES string of the molecule is CCSC1CCC(NCc2cc(C#N)cs2)C1. The van der Waals surface area contributed by atoms with E-state index in [-0.39, 0.29) is 0 Å².